The van der Waals surface area contributed by atoms with E-state index in [2.05, 4.69) is 56.3 Å². The summed E-state index contributed by atoms with van der Waals surface area (Å²) in [5.41, 5.74) is 11.7. The van der Waals surface area contributed by atoms with Crippen LogP contribution in [0.2, 0.25) is 0 Å². The first kappa shape index (κ1) is 21.7. The highest BCUT2D eigenvalue weighted by Crippen LogP contribution is 2.39. The van der Waals surface area contributed by atoms with E-state index in [0.29, 0.717) is 5.69 Å². The predicted molar refractivity (Wildman–Crippen MR) is 142 cm³/mol. The fraction of sp³-hybridized carbons (Fsp3) is 0.0690. The Balaban J connectivity index is 1.62. The van der Waals surface area contributed by atoms with Crippen molar-refractivity contribution in [1.82, 2.24) is 14.5 Å². The first-order chi connectivity index (χ1) is 17.7. The van der Waals surface area contributed by atoms with Crippen LogP contribution < -0.4 is 11.1 Å². The average Bonchev–Trinajstić information content (AvgIpc) is 3.26. The number of aromatic nitrogens is 3. The molecule has 3 aromatic heterocycles. The Morgan fingerprint density at radius 3 is 2.58 bits per heavy atom. The summed E-state index contributed by atoms with van der Waals surface area (Å²) in [6.45, 7) is -0.529. The van der Waals surface area contributed by atoms with E-state index in [1.165, 1.54) is 0 Å². The molecule has 6 rings (SSSR count). The van der Waals surface area contributed by atoms with Crippen molar-refractivity contribution < 1.29 is 9.18 Å². The van der Waals surface area contributed by atoms with Crippen molar-refractivity contribution in [3.8, 4) is 16.8 Å². The Labute approximate surface area is 206 Å². The second-order valence-electron chi connectivity index (χ2n) is 8.54. The second kappa shape index (κ2) is 8.78. The smallest absolute Gasteiger partial charge is 0.269 e. The normalized spacial score (nSPS) is 11.4. The van der Waals surface area contributed by atoms with Crippen molar-refractivity contribution in [2.75, 3.05) is 18.5 Å². The number of hydrogen-bond donors (Lipinski definition) is 2. The summed E-state index contributed by atoms with van der Waals surface area (Å²) < 4.78 is 15.0. The van der Waals surface area contributed by atoms with Gasteiger partial charge in [0.15, 0.2) is 5.69 Å². The van der Waals surface area contributed by atoms with Gasteiger partial charge in [-0.25, -0.2) is 9.37 Å². The van der Waals surface area contributed by atoms with Gasteiger partial charge in [0.05, 0.1) is 34.1 Å². The minimum absolute atomic E-state index is 0.0533. The lowest BCUT2D eigenvalue weighted by molar-refractivity contribution is 0.0996. The first-order valence-electron chi connectivity index (χ1n) is 11.6. The molecule has 0 saturated carbocycles. The molecule has 0 fully saturated rings. The molecule has 0 atom stereocenters. The van der Waals surface area contributed by atoms with E-state index in [0.717, 1.165) is 49.5 Å². The molecule has 0 bridgehead atoms. The van der Waals surface area contributed by atoms with Crippen molar-refractivity contribution >= 4 is 44.3 Å². The lowest BCUT2D eigenvalue weighted by Crippen LogP contribution is -2.17. The van der Waals surface area contributed by atoms with Crippen LogP contribution in [-0.2, 0) is 0 Å². The Kier molecular flexibility index (Phi) is 5.30. The first-order valence-corrected chi connectivity index (χ1v) is 11.6. The zero-order valence-electron chi connectivity index (χ0n) is 19.3. The van der Waals surface area contributed by atoms with E-state index in [1.54, 1.807) is 12.3 Å². The molecule has 6 nitrogen and oxygen atoms in total. The molecule has 0 aliphatic heterocycles. The van der Waals surface area contributed by atoms with Gasteiger partial charge in [0.2, 0.25) is 0 Å². The van der Waals surface area contributed by atoms with Gasteiger partial charge in [0.25, 0.3) is 5.91 Å². The number of nitrogens with two attached hydrogens (primary N) is 1. The van der Waals surface area contributed by atoms with Gasteiger partial charge in [-0.2, -0.15) is 0 Å². The monoisotopic (exact) mass is 475 g/mol. The third-order valence-electron chi connectivity index (χ3n) is 6.37. The number of rotatable bonds is 6. The number of nitrogens with zero attached hydrogens (tertiary/aromatic N) is 3. The van der Waals surface area contributed by atoms with Gasteiger partial charge in [-0.3, -0.25) is 9.78 Å². The Hall–Kier alpha value is -4.78. The van der Waals surface area contributed by atoms with Crippen LogP contribution in [0.15, 0.2) is 91.3 Å². The third-order valence-corrected chi connectivity index (χ3v) is 6.37. The number of fused-ring (bicyclic) bond motifs is 4. The van der Waals surface area contributed by atoms with Crippen LogP contribution in [0.1, 0.15) is 10.5 Å². The SMILES string of the molecule is NC(=O)c1ncc(-n2c3ccccc3c3c(-c4cnc5ccccc5c4)cccc32)cc1NCCF. The summed E-state index contributed by atoms with van der Waals surface area (Å²) in [4.78, 5) is 20.9. The molecule has 0 unspecified atom stereocenters. The molecule has 3 aromatic carbocycles. The Morgan fingerprint density at radius 1 is 0.917 bits per heavy atom. The van der Waals surface area contributed by atoms with Crippen molar-refractivity contribution in [3.05, 3.63) is 97.0 Å². The van der Waals surface area contributed by atoms with Crippen molar-refractivity contribution in [2.24, 2.45) is 5.73 Å². The highest BCUT2D eigenvalue weighted by atomic mass is 19.1. The molecule has 7 heteroatoms. The maximum absolute atomic E-state index is 12.9. The maximum Gasteiger partial charge on any atom is 0.269 e. The second-order valence-corrected chi connectivity index (χ2v) is 8.54. The molecule has 0 aliphatic rings. The van der Waals surface area contributed by atoms with E-state index in [-0.39, 0.29) is 12.2 Å². The number of alkyl halides is 1. The van der Waals surface area contributed by atoms with Crippen LogP contribution in [-0.4, -0.2) is 33.7 Å². The van der Waals surface area contributed by atoms with E-state index in [9.17, 15) is 9.18 Å². The quantitative estimate of drug-likeness (QED) is 0.315. The molecule has 3 heterocycles. The maximum atomic E-state index is 12.9. The topological polar surface area (TPSA) is 85.8 Å². The van der Waals surface area contributed by atoms with Gasteiger partial charge >= 0.3 is 0 Å². The number of nitrogens with one attached hydrogen (secondary N) is 1. The summed E-state index contributed by atoms with van der Waals surface area (Å²) in [6.07, 6.45) is 3.53. The lowest BCUT2D eigenvalue weighted by atomic mass is 9.99. The lowest BCUT2D eigenvalue weighted by Gasteiger charge is -2.13. The van der Waals surface area contributed by atoms with Crippen LogP contribution in [0.3, 0.4) is 0 Å². The number of carbonyl (C=O) groups is 1. The van der Waals surface area contributed by atoms with Gasteiger partial charge in [-0.1, -0.05) is 48.5 Å². The molecule has 1 amide bonds. The fourth-order valence-corrected chi connectivity index (χ4v) is 4.85. The standard InChI is InChI=1S/C29H22FN5O/c30-12-13-32-24-15-20(17-34-28(24)29(31)36)35-25-10-4-2-7-22(25)27-21(8-5-11-26(27)35)19-14-18-6-1-3-9-23(18)33-16-19/h1-11,14-17,32H,12-13H2,(H2,31,36). The number of amides is 1. The average molecular weight is 476 g/mol. The number of benzene rings is 3. The van der Waals surface area contributed by atoms with Crippen LogP contribution in [0, 0.1) is 0 Å². The predicted octanol–water partition coefficient (Wildman–Crippen LogP) is 5.87. The van der Waals surface area contributed by atoms with Crippen molar-refractivity contribution in [3.63, 3.8) is 0 Å². The van der Waals surface area contributed by atoms with Gasteiger partial charge in [-0.05, 0) is 35.9 Å². The van der Waals surface area contributed by atoms with Gasteiger partial charge < -0.3 is 15.6 Å². The summed E-state index contributed by atoms with van der Waals surface area (Å²) in [5, 5.41) is 6.17. The molecule has 0 radical (unpaired) electrons. The Bertz CT molecular complexity index is 1780. The number of pyridine rings is 2. The third kappa shape index (κ3) is 3.53. The van der Waals surface area contributed by atoms with Gasteiger partial charge in [0, 0.05) is 34.5 Å². The summed E-state index contributed by atoms with van der Waals surface area (Å²) in [7, 11) is 0. The van der Waals surface area contributed by atoms with Crippen molar-refractivity contribution in [1.29, 1.82) is 0 Å². The molecular weight excluding hydrogens is 453 g/mol. The minimum atomic E-state index is -0.670. The zero-order valence-corrected chi connectivity index (χ0v) is 19.3. The molecule has 36 heavy (non-hydrogen) atoms. The largest absolute Gasteiger partial charge is 0.380 e. The number of halogens is 1. The molecule has 0 aliphatic carbocycles. The van der Waals surface area contributed by atoms with E-state index in [1.807, 2.05) is 42.6 Å². The van der Waals surface area contributed by atoms with E-state index < -0.39 is 12.6 Å². The number of hydrogen-bond acceptors (Lipinski definition) is 4. The summed E-state index contributed by atoms with van der Waals surface area (Å²) >= 11 is 0. The molecular formula is C29H22FN5O. The Morgan fingerprint density at radius 2 is 1.72 bits per heavy atom. The van der Waals surface area contributed by atoms with Crippen LogP contribution in [0.25, 0.3) is 49.5 Å². The highest BCUT2D eigenvalue weighted by Gasteiger charge is 2.18. The number of primary amides is 1. The number of para-hydroxylation sites is 2. The summed E-state index contributed by atoms with van der Waals surface area (Å²) in [5.74, 6) is -0.670. The van der Waals surface area contributed by atoms with E-state index in [4.69, 9.17) is 5.73 Å². The van der Waals surface area contributed by atoms with Gasteiger partial charge in [-0.15, -0.1) is 0 Å². The van der Waals surface area contributed by atoms with E-state index >= 15 is 0 Å². The fourth-order valence-electron chi connectivity index (χ4n) is 4.85. The summed E-state index contributed by atoms with van der Waals surface area (Å²) in [6, 6.07) is 26.4. The zero-order chi connectivity index (χ0) is 24.6. The molecule has 0 spiro atoms. The van der Waals surface area contributed by atoms with Crippen LogP contribution in [0.5, 0.6) is 0 Å². The molecule has 3 N–H and O–H groups in total. The van der Waals surface area contributed by atoms with Crippen LogP contribution in [0.4, 0.5) is 10.1 Å². The number of carbonyl (C=O) groups excluding carboxylic acids is 1. The molecule has 0 saturated heterocycles. The van der Waals surface area contributed by atoms with Gasteiger partial charge in [0.1, 0.15) is 6.67 Å². The number of anilines is 1. The highest BCUT2D eigenvalue weighted by molar-refractivity contribution is 6.16. The molecule has 6 aromatic rings. The van der Waals surface area contributed by atoms with Crippen LogP contribution >= 0.6 is 0 Å². The molecule has 176 valence electrons. The minimum Gasteiger partial charge on any atom is -0.380 e. The van der Waals surface area contributed by atoms with Crippen molar-refractivity contribution in [2.45, 2.75) is 0 Å².